The first-order valence-corrected chi connectivity index (χ1v) is 16.2. The molecule has 0 unspecified atom stereocenters. The van der Waals surface area contributed by atoms with Crippen LogP contribution in [-0.2, 0) is 22.3 Å². The van der Waals surface area contributed by atoms with Crippen LogP contribution in [0.1, 0.15) is 87.4 Å². The molecule has 1 spiro atoms. The first kappa shape index (κ1) is 27.8. The van der Waals surface area contributed by atoms with Crippen molar-refractivity contribution in [3.63, 3.8) is 0 Å². The van der Waals surface area contributed by atoms with Gasteiger partial charge in [0.05, 0.1) is 19.8 Å². The van der Waals surface area contributed by atoms with Crippen LogP contribution in [-0.4, -0.2) is 35.2 Å². The second-order valence-corrected chi connectivity index (χ2v) is 13.1. The first-order valence-electron chi connectivity index (χ1n) is 16.2. The lowest BCUT2D eigenvalue weighted by Gasteiger charge is -2.52. The average Bonchev–Trinajstić information content (AvgIpc) is 3.62. The van der Waals surface area contributed by atoms with Crippen LogP contribution in [0, 0.1) is 17.3 Å². The summed E-state index contributed by atoms with van der Waals surface area (Å²) in [6, 6.07) is 18.1. The van der Waals surface area contributed by atoms with Crippen molar-refractivity contribution in [3.8, 4) is 11.6 Å². The topological polar surface area (TPSA) is 62.6 Å². The monoisotopic (exact) mass is 568 g/mol. The molecule has 6 nitrogen and oxygen atoms in total. The van der Waals surface area contributed by atoms with E-state index in [2.05, 4.69) is 30.1 Å². The lowest BCUT2D eigenvalue weighted by atomic mass is 9.55. The van der Waals surface area contributed by atoms with E-state index in [0.29, 0.717) is 17.7 Å². The number of pyridine rings is 2. The highest BCUT2D eigenvalue weighted by atomic mass is 16.7. The van der Waals surface area contributed by atoms with Gasteiger partial charge < -0.3 is 14.2 Å². The summed E-state index contributed by atoms with van der Waals surface area (Å²) < 4.78 is 20.6. The Hall–Kier alpha value is -2.96. The van der Waals surface area contributed by atoms with Gasteiger partial charge >= 0.3 is 0 Å². The number of aromatic nitrogens is 2. The van der Waals surface area contributed by atoms with E-state index in [4.69, 9.17) is 14.2 Å². The minimum Gasteiger partial charge on any atom is -0.494 e. The molecule has 4 atom stereocenters. The molecule has 7 rings (SSSR count). The summed E-state index contributed by atoms with van der Waals surface area (Å²) >= 11 is 0. The molecule has 4 aliphatic rings. The Kier molecular flexibility index (Phi) is 7.70. The number of fused-ring (bicyclic) bond motifs is 6. The molecule has 3 fully saturated rings. The number of unbranched alkanes of at least 4 members (excludes halogenated alkanes) is 3. The van der Waals surface area contributed by atoms with Gasteiger partial charge in [0.2, 0.25) is 0 Å². The maximum absolute atomic E-state index is 12.5. The van der Waals surface area contributed by atoms with Crippen LogP contribution in [0.3, 0.4) is 0 Å². The molecule has 2 saturated carbocycles. The fourth-order valence-corrected chi connectivity index (χ4v) is 8.96. The van der Waals surface area contributed by atoms with Crippen molar-refractivity contribution >= 4 is 0 Å². The Balaban J connectivity index is 0.893. The number of benzene rings is 1. The van der Waals surface area contributed by atoms with E-state index in [-0.39, 0.29) is 16.8 Å². The maximum Gasteiger partial charge on any atom is 0.256 e. The standard InChI is InChI=1S/C36H44N2O4/c1-35-19-17-30-29-16-14-28(25-26(29)13-15-31(30)32(35)18-20-36(35)41-23-24-42-36)40-22-7-3-2-4-9-27-10-8-12-34(39)38(27)33-11-5-6-21-37-33/h5-6,8,10-12,14,16,21,25,30-32H,2-4,7,9,13,15,17-20,22-24H2,1H3/t30-,31-,32+,35+/m1/s1. The van der Waals surface area contributed by atoms with Crippen molar-refractivity contribution in [2.45, 2.75) is 89.3 Å². The van der Waals surface area contributed by atoms with E-state index in [1.54, 1.807) is 22.4 Å². The van der Waals surface area contributed by atoms with E-state index in [0.717, 1.165) is 82.1 Å². The van der Waals surface area contributed by atoms with Gasteiger partial charge in [0.15, 0.2) is 5.79 Å². The van der Waals surface area contributed by atoms with Gasteiger partial charge in [-0.2, -0.15) is 0 Å². The Labute approximate surface area is 249 Å². The van der Waals surface area contributed by atoms with Crippen LogP contribution in [0.5, 0.6) is 5.75 Å². The SMILES string of the molecule is C[C@]12CC[C@@H]3c4ccc(OCCCCCCc5cccc(=O)n5-c5ccccn5)cc4CC[C@H]3[C@@H]1CCC21OCCO1. The van der Waals surface area contributed by atoms with Gasteiger partial charge in [-0.15, -0.1) is 0 Å². The smallest absolute Gasteiger partial charge is 0.256 e. The lowest BCUT2D eigenvalue weighted by Crippen LogP contribution is -2.51. The van der Waals surface area contributed by atoms with Crippen molar-refractivity contribution in [3.05, 3.63) is 88.0 Å². The summed E-state index contributed by atoms with van der Waals surface area (Å²) in [5.74, 6) is 3.49. The molecule has 1 aliphatic heterocycles. The van der Waals surface area contributed by atoms with Gasteiger partial charge in [-0.3, -0.25) is 9.36 Å². The minimum absolute atomic E-state index is 0.0256. The summed E-state index contributed by atoms with van der Waals surface area (Å²) in [7, 11) is 0. The molecule has 3 aromatic rings. The lowest BCUT2D eigenvalue weighted by molar-refractivity contribution is -0.237. The third kappa shape index (κ3) is 4.90. The Morgan fingerprint density at radius 3 is 2.69 bits per heavy atom. The number of aryl methyl sites for hydroxylation is 2. The van der Waals surface area contributed by atoms with Gasteiger partial charge in [-0.05, 0) is 111 Å². The second kappa shape index (κ2) is 11.6. The highest BCUT2D eigenvalue weighted by molar-refractivity contribution is 5.41. The summed E-state index contributed by atoms with van der Waals surface area (Å²) in [5, 5.41) is 0. The molecular weight excluding hydrogens is 524 g/mol. The highest BCUT2D eigenvalue weighted by Crippen LogP contribution is 2.66. The van der Waals surface area contributed by atoms with Gasteiger partial charge in [-0.25, -0.2) is 4.98 Å². The van der Waals surface area contributed by atoms with Gasteiger partial charge in [0, 0.05) is 29.8 Å². The Bertz CT molecular complexity index is 1450. The van der Waals surface area contributed by atoms with Gasteiger partial charge in [-0.1, -0.05) is 38.0 Å². The fraction of sp³-hybridized carbons (Fsp3) is 0.556. The molecule has 3 heterocycles. The number of nitrogens with zero attached hydrogens (tertiary/aromatic N) is 2. The normalized spacial score (nSPS) is 27.4. The van der Waals surface area contributed by atoms with Crippen molar-refractivity contribution in [2.24, 2.45) is 17.3 Å². The molecule has 0 radical (unpaired) electrons. The Morgan fingerprint density at radius 2 is 1.83 bits per heavy atom. The first-order chi connectivity index (χ1) is 20.6. The maximum atomic E-state index is 12.5. The number of ether oxygens (including phenoxy) is 3. The van der Waals surface area contributed by atoms with Crippen LogP contribution in [0.2, 0.25) is 0 Å². The molecule has 0 amide bonds. The molecule has 42 heavy (non-hydrogen) atoms. The third-order valence-electron chi connectivity index (χ3n) is 11.0. The van der Waals surface area contributed by atoms with E-state index >= 15 is 0 Å². The minimum atomic E-state index is -0.315. The molecule has 1 aromatic carbocycles. The van der Waals surface area contributed by atoms with Gasteiger partial charge in [0.25, 0.3) is 5.56 Å². The molecule has 0 bridgehead atoms. The summed E-state index contributed by atoms with van der Waals surface area (Å²) in [6.45, 7) is 4.72. The predicted molar refractivity (Wildman–Crippen MR) is 163 cm³/mol. The van der Waals surface area contributed by atoms with Crippen LogP contribution < -0.4 is 10.3 Å². The van der Waals surface area contributed by atoms with Crippen LogP contribution >= 0.6 is 0 Å². The number of rotatable bonds is 9. The second-order valence-electron chi connectivity index (χ2n) is 13.1. The zero-order valence-electron chi connectivity index (χ0n) is 24.9. The zero-order valence-corrected chi connectivity index (χ0v) is 24.9. The molecule has 222 valence electrons. The predicted octanol–water partition coefficient (Wildman–Crippen LogP) is 7.01. The molecular formula is C36H44N2O4. The van der Waals surface area contributed by atoms with E-state index in [1.165, 1.54) is 31.2 Å². The van der Waals surface area contributed by atoms with Gasteiger partial charge in [0.1, 0.15) is 11.6 Å². The zero-order chi connectivity index (χ0) is 28.6. The molecule has 3 aliphatic carbocycles. The third-order valence-corrected chi connectivity index (χ3v) is 11.0. The highest BCUT2D eigenvalue weighted by Gasteiger charge is 2.65. The summed E-state index contributed by atoms with van der Waals surface area (Å²) in [6.07, 6.45) is 14.1. The van der Waals surface area contributed by atoms with E-state index in [1.807, 2.05) is 30.3 Å². The molecule has 0 N–H and O–H groups in total. The molecule has 1 saturated heterocycles. The summed E-state index contributed by atoms with van der Waals surface area (Å²) in [5.41, 5.74) is 4.22. The van der Waals surface area contributed by atoms with Crippen LogP contribution in [0.25, 0.3) is 5.82 Å². The number of hydrogen-bond donors (Lipinski definition) is 0. The molecule has 2 aromatic heterocycles. The van der Waals surface area contributed by atoms with E-state index in [9.17, 15) is 4.79 Å². The average molecular weight is 569 g/mol. The van der Waals surface area contributed by atoms with Crippen LogP contribution in [0.4, 0.5) is 0 Å². The quantitative estimate of drug-likeness (QED) is 0.260. The van der Waals surface area contributed by atoms with Crippen molar-refractivity contribution in [1.82, 2.24) is 9.55 Å². The van der Waals surface area contributed by atoms with E-state index < -0.39 is 0 Å². The van der Waals surface area contributed by atoms with Crippen molar-refractivity contribution < 1.29 is 14.2 Å². The van der Waals surface area contributed by atoms with Crippen molar-refractivity contribution in [2.75, 3.05) is 19.8 Å². The fourth-order valence-electron chi connectivity index (χ4n) is 8.96. The Morgan fingerprint density at radius 1 is 0.952 bits per heavy atom. The molecule has 6 heteroatoms. The van der Waals surface area contributed by atoms with Crippen LogP contribution in [0.15, 0.2) is 65.6 Å². The van der Waals surface area contributed by atoms with Crippen molar-refractivity contribution in [1.29, 1.82) is 0 Å². The summed E-state index contributed by atoms with van der Waals surface area (Å²) in [4.78, 5) is 16.9. The largest absolute Gasteiger partial charge is 0.494 e. The number of hydrogen-bond acceptors (Lipinski definition) is 5.